The summed E-state index contributed by atoms with van der Waals surface area (Å²) in [6.07, 6.45) is 0. The molecule has 1 heterocycles. The summed E-state index contributed by atoms with van der Waals surface area (Å²) in [6.45, 7) is 0. The number of hydrogen-bond acceptors (Lipinski definition) is 3. The molecule has 1 aromatic heterocycles. The summed E-state index contributed by atoms with van der Waals surface area (Å²) < 4.78 is 0. The first-order chi connectivity index (χ1) is 5.11. The number of anilines is 1. The van der Waals surface area contributed by atoms with E-state index in [1.807, 2.05) is 0 Å². The first-order valence-electron chi connectivity index (χ1n) is 2.92. The SMILES string of the molecule is Nc1cc([NH+](N)[O-])cpc1P. The Labute approximate surface area is 68.4 Å². The van der Waals surface area contributed by atoms with Gasteiger partial charge in [-0.25, -0.2) is 0 Å². The zero-order valence-corrected chi connectivity index (χ0v) is 7.79. The zero-order valence-electron chi connectivity index (χ0n) is 5.74. The van der Waals surface area contributed by atoms with E-state index < -0.39 is 5.17 Å². The molecule has 0 saturated heterocycles. The Morgan fingerprint density at radius 3 is 2.73 bits per heavy atom. The maximum atomic E-state index is 10.6. The summed E-state index contributed by atoms with van der Waals surface area (Å²) in [5.41, 5.74) is 6.64. The van der Waals surface area contributed by atoms with Gasteiger partial charge in [-0.05, 0) is 0 Å². The Kier molecular flexibility index (Phi) is 2.77. The van der Waals surface area contributed by atoms with E-state index >= 15 is 0 Å². The summed E-state index contributed by atoms with van der Waals surface area (Å²) in [4.78, 5) is 0. The van der Waals surface area contributed by atoms with Crippen LogP contribution in [-0.4, -0.2) is 0 Å². The molecule has 1 rings (SSSR count). The fourth-order valence-corrected chi connectivity index (χ4v) is 1.63. The number of rotatable bonds is 1. The second kappa shape index (κ2) is 3.44. The maximum absolute atomic E-state index is 10.6. The number of nitrogens with two attached hydrogens (primary N) is 2. The smallest absolute Gasteiger partial charge is 0.157 e. The minimum atomic E-state index is -0.432. The van der Waals surface area contributed by atoms with E-state index in [0.717, 1.165) is 13.2 Å². The van der Waals surface area contributed by atoms with Gasteiger partial charge in [-0.3, -0.25) is 5.17 Å². The lowest BCUT2D eigenvalue weighted by atomic mass is 10.4. The zero-order chi connectivity index (χ0) is 8.43. The van der Waals surface area contributed by atoms with Gasteiger partial charge in [0.25, 0.3) is 0 Å². The third-order valence-corrected chi connectivity index (χ3v) is 2.96. The van der Waals surface area contributed by atoms with Gasteiger partial charge in [-0.1, -0.05) is 17.4 Å². The first-order valence-corrected chi connectivity index (χ1v) is 4.46. The van der Waals surface area contributed by atoms with Gasteiger partial charge in [0.1, 0.15) is 0 Å². The van der Waals surface area contributed by atoms with Gasteiger partial charge in [0.2, 0.25) is 0 Å². The summed E-state index contributed by atoms with van der Waals surface area (Å²) in [5, 5.41) is 11.2. The van der Waals surface area contributed by atoms with Gasteiger partial charge in [0.05, 0.1) is 0 Å². The van der Waals surface area contributed by atoms with Crippen molar-refractivity contribution in [2.45, 2.75) is 0 Å². The van der Waals surface area contributed by atoms with E-state index in [-0.39, 0.29) is 0 Å². The van der Waals surface area contributed by atoms with Gasteiger partial charge < -0.3 is 10.9 Å². The van der Waals surface area contributed by atoms with Crippen LogP contribution >= 0.6 is 17.4 Å². The molecule has 0 fully saturated rings. The predicted molar refractivity (Wildman–Crippen MR) is 50.9 cm³/mol. The van der Waals surface area contributed by atoms with E-state index in [2.05, 4.69) is 9.24 Å². The third-order valence-electron chi connectivity index (χ3n) is 1.23. The van der Waals surface area contributed by atoms with E-state index in [4.69, 9.17) is 11.6 Å². The van der Waals surface area contributed by atoms with Gasteiger partial charge in [-0.15, -0.1) is 0 Å². The monoisotopic (exact) mass is 189 g/mol. The Morgan fingerprint density at radius 1 is 1.64 bits per heavy atom. The lowest BCUT2D eigenvalue weighted by Crippen LogP contribution is -3.08. The number of nitrogens with one attached hydrogen (secondary N) is 1. The molecule has 0 aliphatic rings. The molecule has 60 valence electrons. The van der Waals surface area contributed by atoms with Gasteiger partial charge in [-0.2, -0.15) is 5.84 Å². The van der Waals surface area contributed by atoms with Crippen LogP contribution in [0.15, 0.2) is 11.9 Å². The van der Waals surface area contributed by atoms with Crippen molar-refractivity contribution in [2.75, 3.05) is 5.73 Å². The third kappa shape index (κ3) is 2.09. The molecular weight excluding hydrogens is 180 g/mol. The van der Waals surface area contributed by atoms with Crippen molar-refractivity contribution in [1.29, 1.82) is 0 Å². The average molecular weight is 189 g/mol. The topological polar surface area (TPSA) is 79.5 Å². The predicted octanol–water partition coefficient (Wildman–Crippen LogP) is -0.763. The molecule has 5 N–H and O–H groups in total. The molecule has 0 aromatic carbocycles. The molecule has 0 aliphatic heterocycles. The van der Waals surface area contributed by atoms with Crippen molar-refractivity contribution < 1.29 is 5.17 Å². The highest BCUT2D eigenvalue weighted by atomic mass is 31.1. The molecule has 2 unspecified atom stereocenters. The molecule has 0 bridgehead atoms. The molecule has 0 saturated carbocycles. The van der Waals surface area contributed by atoms with Crippen molar-refractivity contribution in [1.82, 2.24) is 0 Å². The normalized spacial score (nSPS) is 13.7. The molecule has 0 radical (unpaired) electrons. The van der Waals surface area contributed by atoms with Crippen molar-refractivity contribution in [3.63, 3.8) is 0 Å². The summed E-state index contributed by atoms with van der Waals surface area (Å²) in [6, 6.07) is 1.58. The Bertz CT molecular complexity index is 266. The molecule has 1 aromatic rings. The number of hydrogen-bond donors (Lipinski definition) is 3. The van der Waals surface area contributed by atoms with Crippen molar-refractivity contribution in [3.05, 3.63) is 17.1 Å². The molecule has 6 heteroatoms. The molecule has 11 heavy (non-hydrogen) atoms. The van der Waals surface area contributed by atoms with Gasteiger partial charge in [0.15, 0.2) is 5.69 Å². The van der Waals surface area contributed by atoms with Crippen LogP contribution < -0.4 is 21.8 Å². The Hall–Kier alpha value is -0.240. The van der Waals surface area contributed by atoms with Crippen molar-refractivity contribution >= 4 is 33.8 Å². The van der Waals surface area contributed by atoms with Crippen LogP contribution in [0.2, 0.25) is 0 Å². The minimum absolute atomic E-state index is 0.432. The standard InChI is InChI=1S/C5H9N3OP2/c6-4-1-3(8(7)9)2-11-5(4)10/h1-2,8H,6-7,10H2. The number of nitrogen functional groups attached to an aromatic ring is 2. The van der Waals surface area contributed by atoms with E-state index in [0.29, 0.717) is 11.4 Å². The van der Waals surface area contributed by atoms with Crippen LogP contribution in [-0.2, 0) is 0 Å². The minimum Gasteiger partial charge on any atom is -0.608 e. The molecular formula is C5H9N3OP2. The molecule has 0 spiro atoms. The highest BCUT2D eigenvalue weighted by Gasteiger charge is 2.00. The molecule has 0 amide bonds. The van der Waals surface area contributed by atoms with Crippen LogP contribution in [0.5, 0.6) is 0 Å². The largest absolute Gasteiger partial charge is 0.608 e. The number of quaternary nitrogens is 1. The van der Waals surface area contributed by atoms with Crippen LogP contribution in [0, 0.1) is 5.21 Å². The van der Waals surface area contributed by atoms with Gasteiger partial charge >= 0.3 is 0 Å². The second-order valence-electron chi connectivity index (χ2n) is 2.06. The van der Waals surface area contributed by atoms with Crippen LogP contribution in [0.25, 0.3) is 0 Å². The maximum Gasteiger partial charge on any atom is 0.157 e. The Morgan fingerprint density at radius 2 is 2.27 bits per heavy atom. The van der Waals surface area contributed by atoms with Crippen LogP contribution in [0.1, 0.15) is 0 Å². The fourth-order valence-electron chi connectivity index (χ4n) is 0.627. The van der Waals surface area contributed by atoms with Crippen LogP contribution in [0.3, 0.4) is 0 Å². The van der Waals surface area contributed by atoms with Crippen molar-refractivity contribution in [2.24, 2.45) is 5.84 Å². The second-order valence-corrected chi connectivity index (χ2v) is 4.12. The van der Waals surface area contributed by atoms with E-state index in [9.17, 15) is 5.21 Å². The van der Waals surface area contributed by atoms with Crippen LogP contribution in [0.4, 0.5) is 11.4 Å². The quantitative estimate of drug-likeness (QED) is 0.308. The summed E-state index contributed by atoms with van der Waals surface area (Å²) in [7, 11) is 3.43. The molecule has 2 atom stereocenters. The fraction of sp³-hybridized carbons (Fsp3) is 0. The summed E-state index contributed by atoms with van der Waals surface area (Å²) in [5.74, 6) is 6.78. The highest BCUT2D eigenvalue weighted by molar-refractivity contribution is 7.52. The van der Waals surface area contributed by atoms with E-state index in [1.165, 1.54) is 0 Å². The Balaban J connectivity index is 3.05. The van der Waals surface area contributed by atoms with Crippen molar-refractivity contribution in [3.8, 4) is 0 Å². The lowest BCUT2D eigenvalue weighted by molar-refractivity contribution is -0.789. The summed E-state index contributed by atoms with van der Waals surface area (Å²) >= 11 is 0. The van der Waals surface area contributed by atoms with E-state index in [1.54, 1.807) is 11.9 Å². The molecule has 4 nitrogen and oxygen atoms in total. The first kappa shape index (κ1) is 8.85. The molecule has 0 aliphatic carbocycles. The average Bonchev–Trinajstić information content (AvgIpc) is 1.94. The lowest BCUT2D eigenvalue weighted by Gasteiger charge is -2.14. The van der Waals surface area contributed by atoms with Gasteiger partial charge in [0, 0.05) is 22.6 Å². The highest BCUT2D eigenvalue weighted by Crippen LogP contribution is 2.16.